The quantitative estimate of drug-likeness (QED) is 0.458. The second-order valence-corrected chi connectivity index (χ2v) is 10.3. The summed E-state index contributed by atoms with van der Waals surface area (Å²) in [6.45, 7) is 4.12. The number of aromatic nitrogens is 3. The van der Waals surface area contributed by atoms with Gasteiger partial charge in [0.15, 0.2) is 11.6 Å². The Bertz CT molecular complexity index is 1270. The molecule has 4 fully saturated rings. The number of hydrogen-bond donors (Lipinski definition) is 1. The Labute approximate surface area is 218 Å². The van der Waals surface area contributed by atoms with Gasteiger partial charge in [-0.1, -0.05) is 30.3 Å². The molecular weight excluding hydrogens is 499 g/mol. The number of fused-ring (bicyclic) bond motifs is 1. The van der Waals surface area contributed by atoms with E-state index in [2.05, 4.69) is 19.2 Å². The van der Waals surface area contributed by atoms with Crippen LogP contribution < -0.4 is 10.5 Å². The first-order valence-corrected chi connectivity index (χ1v) is 12.8. The smallest absolute Gasteiger partial charge is 0.402 e. The van der Waals surface area contributed by atoms with E-state index in [4.69, 9.17) is 20.2 Å². The van der Waals surface area contributed by atoms with Gasteiger partial charge in [0, 0.05) is 42.6 Å². The SMILES string of the molecule is Nc1ncc(-c2cn(C3CC4(N5CCOCC5)CC3C4)c(COCc3ccccc3)n2)cc1OC(F)(F)F. The van der Waals surface area contributed by atoms with E-state index in [0.29, 0.717) is 23.8 Å². The molecule has 7 rings (SSSR count). The monoisotopic (exact) mass is 529 g/mol. The minimum Gasteiger partial charge on any atom is -0.402 e. The number of rotatable bonds is 8. The second-order valence-electron chi connectivity index (χ2n) is 10.3. The summed E-state index contributed by atoms with van der Waals surface area (Å²) in [5.74, 6) is 0.379. The summed E-state index contributed by atoms with van der Waals surface area (Å²) < 4.78 is 56.5. The van der Waals surface area contributed by atoms with Gasteiger partial charge in [-0.2, -0.15) is 0 Å². The maximum absolute atomic E-state index is 12.9. The van der Waals surface area contributed by atoms with E-state index in [0.717, 1.165) is 57.0 Å². The Morgan fingerprint density at radius 1 is 1.08 bits per heavy atom. The highest BCUT2D eigenvalue weighted by atomic mass is 19.4. The molecule has 1 aromatic carbocycles. The number of halogens is 3. The number of anilines is 1. The van der Waals surface area contributed by atoms with Crippen LogP contribution in [-0.2, 0) is 22.7 Å². The first kappa shape index (κ1) is 25.1. The molecule has 1 aliphatic heterocycles. The van der Waals surface area contributed by atoms with Crippen LogP contribution in [0.25, 0.3) is 11.3 Å². The summed E-state index contributed by atoms with van der Waals surface area (Å²) in [7, 11) is 0. The molecule has 202 valence electrons. The fourth-order valence-corrected chi connectivity index (χ4v) is 6.26. The van der Waals surface area contributed by atoms with Gasteiger partial charge in [0.05, 0.1) is 25.5 Å². The first-order valence-electron chi connectivity index (χ1n) is 12.8. The zero-order valence-corrected chi connectivity index (χ0v) is 20.9. The Kier molecular flexibility index (Phi) is 6.53. The number of hydrogen-bond acceptors (Lipinski definition) is 7. The largest absolute Gasteiger partial charge is 0.573 e. The number of nitrogens with zero attached hydrogens (tertiary/aromatic N) is 4. The van der Waals surface area contributed by atoms with Crippen molar-refractivity contribution in [1.82, 2.24) is 19.4 Å². The molecule has 8 nitrogen and oxygen atoms in total. The van der Waals surface area contributed by atoms with Crippen molar-refractivity contribution in [3.63, 3.8) is 0 Å². The maximum atomic E-state index is 12.9. The van der Waals surface area contributed by atoms with Crippen molar-refractivity contribution < 1.29 is 27.4 Å². The first-order chi connectivity index (χ1) is 18.3. The molecule has 1 saturated heterocycles. The molecule has 3 saturated carbocycles. The van der Waals surface area contributed by atoms with Crippen molar-refractivity contribution in [2.24, 2.45) is 5.92 Å². The van der Waals surface area contributed by atoms with Crippen molar-refractivity contribution in [3.8, 4) is 17.0 Å². The minimum absolute atomic E-state index is 0.183. The lowest BCUT2D eigenvalue weighted by Crippen LogP contribution is -2.56. The van der Waals surface area contributed by atoms with Gasteiger partial charge in [0.2, 0.25) is 0 Å². The number of pyridine rings is 1. The van der Waals surface area contributed by atoms with Crippen LogP contribution in [0.4, 0.5) is 19.0 Å². The van der Waals surface area contributed by atoms with Gasteiger partial charge in [-0.05, 0) is 36.8 Å². The maximum Gasteiger partial charge on any atom is 0.573 e. The van der Waals surface area contributed by atoms with E-state index < -0.39 is 12.1 Å². The van der Waals surface area contributed by atoms with Gasteiger partial charge in [0.1, 0.15) is 12.4 Å². The zero-order chi connectivity index (χ0) is 26.3. The number of ether oxygens (including phenoxy) is 3. The predicted molar refractivity (Wildman–Crippen MR) is 133 cm³/mol. The molecule has 0 radical (unpaired) electrons. The summed E-state index contributed by atoms with van der Waals surface area (Å²) in [5.41, 5.74) is 7.78. The minimum atomic E-state index is -4.87. The topological polar surface area (TPSA) is 87.7 Å². The lowest BCUT2D eigenvalue weighted by molar-refractivity contribution is -0.274. The van der Waals surface area contributed by atoms with Gasteiger partial charge in [-0.3, -0.25) is 4.90 Å². The Morgan fingerprint density at radius 2 is 1.84 bits per heavy atom. The summed E-state index contributed by atoms with van der Waals surface area (Å²) in [6, 6.07) is 11.3. The lowest BCUT2D eigenvalue weighted by atomic mass is 9.75. The Balaban J connectivity index is 1.27. The standard InChI is InChI=1S/C27H30F3N5O3/c28-27(29,30)38-23-10-19(14-32-25(23)31)21-15-35(24(33-21)17-37-16-18-4-2-1-3-5-18)22-13-26(11-20(22)12-26)34-6-8-36-9-7-34/h1-5,10,14-15,20,22H,6-9,11-13,16-17H2,(H2,31,32). The van der Waals surface area contributed by atoms with Crippen LogP contribution in [0.3, 0.4) is 0 Å². The summed E-state index contributed by atoms with van der Waals surface area (Å²) in [6.07, 6.45) is 1.71. The predicted octanol–water partition coefficient (Wildman–Crippen LogP) is 4.57. The molecule has 38 heavy (non-hydrogen) atoms. The fourth-order valence-electron chi connectivity index (χ4n) is 6.26. The molecular formula is C27H30F3N5O3. The van der Waals surface area contributed by atoms with E-state index in [1.54, 1.807) is 0 Å². The number of morpholine rings is 1. The van der Waals surface area contributed by atoms with Crippen molar-refractivity contribution in [2.75, 3.05) is 32.0 Å². The molecule has 0 spiro atoms. The Morgan fingerprint density at radius 3 is 2.58 bits per heavy atom. The summed E-state index contributed by atoms with van der Waals surface area (Å²) in [5, 5.41) is 0. The van der Waals surface area contributed by atoms with Gasteiger partial charge >= 0.3 is 6.36 Å². The van der Waals surface area contributed by atoms with E-state index >= 15 is 0 Å². The molecule has 2 aromatic heterocycles. The number of nitrogens with two attached hydrogens (primary N) is 1. The van der Waals surface area contributed by atoms with Crippen molar-refractivity contribution >= 4 is 5.82 Å². The molecule has 2 N–H and O–H groups in total. The van der Waals surface area contributed by atoms with Crippen LogP contribution in [-0.4, -0.2) is 57.6 Å². The molecule has 3 aromatic rings. The highest BCUT2D eigenvalue weighted by Gasteiger charge is 2.59. The third-order valence-corrected chi connectivity index (χ3v) is 8.01. The van der Waals surface area contributed by atoms with Gasteiger partial charge in [-0.15, -0.1) is 13.2 Å². The molecule has 4 aliphatic rings. The van der Waals surface area contributed by atoms with E-state index in [1.807, 2.05) is 36.5 Å². The number of imidazole rings is 1. The average Bonchev–Trinajstić information content (AvgIpc) is 3.58. The van der Waals surface area contributed by atoms with E-state index in [-0.39, 0.29) is 24.0 Å². The lowest BCUT2D eigenvalue weighted by Gasteiger charge is -2.49. The summed E-state index contributed by atoms with van der Waals surface area (Å²) >= 11 is 0. The van der Waals surface area contributed by atoms with Crippen LogP contribution in [0.15, 0.2) is 48.8 Å². The van der Waals surface area contributed by atoms with Crippen molar-refractivity contribution in [2.45, 2.75) is 50.4 Å². The molecule has 11 heteroatoms. The Hall–Kier alpha value is -3.15. The van der Waals surface area contributed by atoms with Crippen LogP contribution >= 0.6 is 0 Å². The van der Waals surface area contributed by atoms with Crippen LogP contribution in [0.1, 0.15) is 36.7 Å². The number of alkyl halides is 3. The molecule has 2 bridgehead atoms. The zero-order valence-electron chi connectivity index (χ0n) is 20.9. The van der Waals surface area contributed by atoms with Gasteiger partial charge < -0.3 is 24.5 Å². The number of benzene rings is 1. The molecule has 3 aliphatic carbocycles. The van der Waals surface area contributed by atoms with Crippen LogP contribution in [0.5, 0.6) is 5.75 Å². The summed E-state index contributed by atoms with van der Waals surface area (Å²) in [4.78, 5) is 11.3. The third kappa shape index (κ3) is 4.97. The molecule has 1 atom stereocenters. The van der Waals surface area contributed by atoms with Crippen molar-refractivity contribution in [3.05, 3.63) is 60.2 Å². The third-order valence-electron chi connectivity index (χ3n) is 8.01. The second kappa shape index (κ2) is 9.87. The number of nitrogen functional groups attached to an aromatic ring is 1. The normalized spacial score (nSPS) is 25.3. The highest BCUT2D eigenvalue weighted by Crippen LogP contribution is 2.61. The van der Waals surface area contributed by atoms with Crippen LogP contribution in [0.2, 0.25) is 0 Å². The van der Waals surface area contributed by atoms with Crippen molar-refractivity contribution in [1.29, 1.82) is 0 Å². The highest BCUT2D eigenvalue weighted by molar-refractivity contribution is 5.63. The van der Waals surface area contributed by atoms with Crippen LogP contribution in [0, 0.1) is 5.92 Å². The van der Waals surface area contributed by atoms with E-state index in [9.17, 15) is 13.2 Å². The van der Waals surface area contributed by atoms with E-state index in [1.165, 1.54) is 12.3 Å². The molecule has 0 amide bonds. The van der Waals surface area contributed by atoms with Gasteiger partial charge in [0.25, 0.3) is 0 Å². The molecule has 3 heterocycles. The average molecular weight is 530 g/mol. The molecule has 1 unspecified atom stereocenters. The van der Waals surface area contributed by atoms with Gasteiger partial charge in [-0.25, -0.2) is 9.97 Å². The fraction of sp³-hybridized carbons (Fsp3) is 0.481.